The van der Waals surface area contributed by atoms with Gasteiger partial charge in [-0.15, -0.1) is 0 Å². The minimum atomic E-state index is 0.910. The number of methoxy groups -OCH3 is 1. The third kappa shape index (κ3) is 2.44. The molecule has 0 unspecified atom stereocenters. The van der Waals surface area contributed by atoms with E-state index in [4.69, 9.17) is 4.74 Å². The molecule has 1 aromatic carbocycles. The quantitative estimate of drug-likeness (QED) is 0.778. The molecule has 3 nitrogen and oxygen atoms in total. The highest BCUT2D eigenvalue weighted by Gasteiger charge is 2.08. The normalized spacial score (nSPS) is 11.0. The Balaban J connectivity index is 2.34. The summed E-state index contributed by atoms with van der Waals surface area (Å²) in [6, 6.07) is 6.16. The van der Waals surface area contributed by atoms with Gasteiger partial charge in [-0.05, 0) is 43.7 Å². The number of aromatic nitrogens is 1. The van der Waals surface area contributed by atoms with Crippen molar-refractivity contribution in [2.45, 2.75) is 26.8 Å². The first-order valence-electron chi connectivity index (χ1n) is 6.12. The molecule has 2 rings (SSSR count). The van der Waals surface area contributed by atoms with E-state index in [0.29, 0.717) is 0 Å². The van der Waals surface area contributed by atoms with Crippen LogP contribution in [0, 0.1) is 6.92 Å². The fraction of sp³-hybridized carbons (Fsp3) is 0.429. The fourth-order valence-corrected chi connectivity index (χ4v) is 2.11. The third-order valence-electron chi connectivity index (χ3n) is 3.06. The van der Waals surface area contributed by atoms with E-state index in [9.17, 15) is 0 Å². The zero-order valence-corrected chi connectivity index (χ0v) is 10.8. The van der Waals surface area contributed by atoms with Gasteiger partial charge in [0, 0.05) is 23.1 Å². The number of aromatic amines is 1. The molecule has 3 heteroatoms. The van der Waals surface area contributed by atoms with Crippen LogP contribution in [0.3, 0.4) is 0 Å². The molecule has 2 N–H and O–H groups in total. The Morgan fingerprint density at radius 1 is 1.35 bits per heavy atom. The second kappa shape index (κ2) is 5.23. The highest BCUT2D eigenvalue weighted by Crippen LogP contribution is 2.26. The number of H-pyrrole nitrogens is 1. The third-order valence-corrected chi connectivity index (χ3v) is 3.06. The maximum atomic E-state index is 5.28. The molecule has 0 aliphatic heterocycles. The first-order chi connectivity index (χ1) is 8.26. The van der Waals surface area contributed by atoms with E-state index >= 15 is 0 Å². The maximum absolute atomic E-state index is 5.28. The van der Waals surface area contributed by atoms with Crippen molar-refractivity contribution in [1.29, 1.82) is 0 Å². The largest absolute Gasteiger partial charge is 0.497 e. The molecule has 17 heavy (non-hydrogen) atoms. The Morgan fingerprint density at radius 3 is 2.88 bits per heavy atom. The minimum Gasteiger partial charge on any atom is -0.497 e. The van der Waals surface area contributed by atoms with Crippen molar-refractivity contribution in [3.63, 3.8) is 0 Å². The van der Waals surface area contributed by atoms with E-state index in [0.717, 1.165) is 25.3 Å². The summed E-state index contributed by atoms with van der Waals surface area (Å²) in [6.07, 6.45) is 1.16. The van der Waals surface area contributed by atoms with Gasteiger partial charge in [0.2, 0.25) is 0 Å². The number of benzene rings is 1. The molecule has 0 saturated carbocycles. The Kier molecular flexibility index (Phi) is 3.69. The molecular weight excluding hydrogens is 212 g/mol. The highest BCUT2D eigenvalue weighted by atomic mass is 16.5. The number of nitrogens with one attached hydrogen (secondary N) is 2. The van der Waals surface area contributed by atoms with Gasteiger partial charge in [-0.1, -0.05) is 6.92 Å². The summed E-state index contributed by atoms with van der Waals surface area (Å²) in [6.45, 7) is 6.26. The molecule has 1 heterocycles. The lowest BCUT2D eigenvalue weighted by molar-refractivity contribution is 0.415. The van der Waals surface area contributed by atoms with Gasteiger partial charge in [-0.3, -0.25) is 0 Å². The Hall–Kier alpha value is -1.48. The summed E-state index contributed by atoms with van der Waals surface area (Å²) in [5.74, 6) is 0.910. The number of aryl methyl sites for hydroxylation is 1. The van der Waals surface area contributed by atoms with Crippen molar-refractivity contribution in [2.75, 3.05) is 13.7 Å². The topological polar surface area (TPSA) is 37.0 Å². The van der Waals surface area contributed by atoms with Gasteiger partial charge in [-0.25, -0.2) is 0 Å². The average molecular weight is 232 g/mol. The predicted molar refractivity (Wildman–Crippen MR) is 71.6 cm³/mol. The smallest absolute Gasteiger partial charge is 0.119 e. The molecule has 2 aromatic rings. The monoisotopic (exact) mass is 232 g/mol. The molecule has 0 fully saturated rings. The number of fused-ring (bicyclic) bond motifs is 1. The zero-order chi connectivity index (χ0) is 12.3. The van der Waals surface area contributed by atoms with Gasteiger partial charge in [-0.2, -0.15) is 0 Å². The van der Waals surface area contributed by atoms with Crippen molar-refractivity contribution in [3.05, 3.63) is 29.5 Å². The van der Waals surface area contributed by atoms with Gasteiger partial charge < -0.3 is 15.0 Å². The van der Waals surface area contributed by atoms with Crippen molar-refractivity contribution >= 4 is 10.9 Å². The number of hydrogen-bond donors (Lipinski definition) is 2. The van der Waals surface area contributed by atoms with E-state index in [1.54, 1.807) is 7.11 Å². The molecule has 0 amide bonds. The second-order valence-corrected chi connectivity index (χ2v) is 4.32. The Morgan fingerprint density at radius 2 is 2.18 bits per heavy atom. The predicted octanol–water partition coefficient (Wildman–Crippen LogP) is 2.98. The molecule has 0 aliphatic rings. The SMILES string of the molecule is CCCNCc1c(C)[nH]c2ccc(OC)cc12. The molecule has 0 bridgehead atoms. The molecular formula is C14H20N2O. The van der Waals surface area contributed by atoms with Crippen LogP contribution < -0.4 is 10.1 Å². The number of ether oxygens (including phenoxy) is 1. The molecule has 0 saturated heterocycles. The first-order valence-corrected chi connectivity index (χ1v) is 6.12. The van der Waals surface area contributed by atoms with Gasteiger partial charge in [0.25, 0.3) is 0 Å². The summed E-state index contributed by atoms with van der Waals surface area (Å²) >= 11 is 0. The van der Waals surface area contributed by atoms with Crippen LogP contribution in [0.2, 0.25) is 0 Å². The summed E-state index contributed by atoms with van der Waals surface area (Å²) in [4.78, 5) is 3.41. The lowest BCUT2D eigenvalue weighted by Gasteiger charge is -2.04. The second-order valence-electron chi connectivity index (χ2n) is 4.32. The van der Waals surface area contributed by atoms with Gasteiger partial charge in [0.1, 0.15) is 5.75 Å². The van der Waals surface area contributed by atoms with E-state index in [1.165, 1.54) is 22.2 Å². The van der Waals surface area contributed by atoms with Crippen LogP contribution in [-0.2, 0) is 6.54 Å². The zero-order valence-electron chi connectivity index (χ0n) is 10.8. The lowest BCUT2D eigenvalue weighted by atomic mass is 10.1. The number of hydrogen-bond acceptors (Lipinski definition) is 2. The fourth-order valence-electron chi connectivity index (χ4n) is 2.11. The van der Waals surface area contributed by atoms with Gasteiger partial charge in [0.15, 0.2) is 0 Å². The minimum absolute atomic E-state index is 0.910. The summed E-state index contributed by atoms with van der Waals surface area (Å²) in [5, 5.41) is 4.70. The average Bonchev–Trinajstić information content (AvgIpc) is 2.65. The standard InChI is InChI=1S/C14H20N2O/c1-4-7-15-9-13-10(2)16-14-6-5-11(17-3)8-12(13)14/h5-6,8,15-16H,4,7,9H2,1-3H3. The van der Waals surface area contributed by atoms with Crippen molar-refractivity contribution < 1.29 is 4.74 Å². The van der Waals surface area contributed by atoms with Crippen molar-refractivity contribution in [1.82, 2.24) is 10.3 Å². The van der Waals surface area contributed by atoms with Crippen LogP contribution in [0.25, 0.3) is 10.9 Å². The van der Waals surface area contributed by atoms with Crippen LogP contribution in [0.15, 0.2) is 18.2 Å². The molecule has 92 valence electrons. The van der Waals surface area contributed by atoms with Crippen LogP contribution in [0.4, 0.5) is 0 Å². The number of rotatable bonds is 5. The Bertz CT molecular complexity index is 502. The molecule has 0 atom stereocenters. The molecule has 0 aliphatic carbocycles. The molecule has 1 aromatic heterocycles. The highest BCUT2D eigenvalue weighted by molar-refractivity contribution is 5.85. The first kappa shape index (κ1) is 12.0. The summed E-state index contributed by atoms with van der Waals surface area (Å²) < 4.78 is 5.28. The molecule has 0 radical (unpaired) electrons. The Labute approximate surface area is 102 Å². The van der Waals surface area contributed by atoms with E-state index in [-0.39, 0.29) is 0 Å². The van der Waals surface area contributed by atoms with E-state index in [1.807, 2.05) is 6.07 Å². The van der Waals surface area contributed by atoms with E-state index in [2.05, 4.69) is 36.3 Å². The van der Waals surface area contributed by atoms with Crippen LogP contribution in [0.5, 0.6) is 5.75 Å². The van der Waals surface area contributed by atoms with Crippen LogP contribution >= 0.6 is 0 Å². The summed E-state index contributed by atoms with van der Waals surface area (Å²) in [7, 11) is 1.70. The van der Waals surface area contributed by atoms with Crippen LogP contribution in [0.1, 0.15) is 24.6 Å². The molecule has 0 spiro atoms. The van der Waals surface area contributed by atoms with Crippen molar-refractivity contribution in [2.24, 2.45) is 0 Å². The van der Waals surface area contributed by atoms with Gasteiger partial charge in [0.05, 0.1) is 7.11 Å². The van der Waals surface area contributed by atoms with E-state index < -0.39 is 0 Å². The lowest BCUT2D eigenvalue weighted by Crippen LogP contribution is -2.14. The van der Waals surface area contributed by atoms with Gasteiger partial charge >= 0.3 is 0 Å². The van der Waals surface area contributed by atoms with Crippen LogP contribution in [-0.4, -0.2) is 18.6 Å². The maximum Gasteiger partial charge on any atom is 0.119 e. The van der Waals surface area contributed by atoms with Crippen molar-refractivity contribution in [3.8, 4) is 5.75 Å². The summed E-state index contributed by atoms with van der Waals surface area (Å²) in [5.41, 5.74) is 3.75.